The summed E-state index contributed by atoms with van der Waals surface area (Å²) in [5.74, 6) is 3.51. The third-order valence-electron chi connectivity index (χ3n) is 2.10. The SMILES string of the molecule is CCCCSC(SCCCC)C(C)C. The van der Waals surface area contributed by atoms with Gasteiger partial charge in [-0.3, -0.25) is 0 Å². The van der Waals surface area contributed by atoms with E-state index in [0.717, 1.165) is 10.5 Å². The molecule has 0 radical (unpaired) electrons. The summed E-state index contributed by atoms with van der Waals surface area (Å²) in [4.78, 5) is 0. The minimum atomic E-state index is 0.818. The molecule has 0 aromatic rings. The molecular formula is C12H26S2. The zero-order chi connectivity index (χ0) is 10.8. The molecule has 0 amide bonds. The molecule has 2 heteroatoms. The fourth-order valence-corrected chi connectivity index (χ4v) is 4.23. The number of thioether (sulfide) groups is 2. The van der Waals surface area contributed by atoms with Gasteiger partial charge in [0.05, 0.1) is 4.58 Å². The first-order valence-corrected chi connectivity index (χ1v) is 8.05. The van der Waals surface area contributed by atoms with Crippen LogP contribution in [0.2, 0.25) is 0 Å². The monoisotopic (exact) mass is 234 g/mol. The Kier molecular flexibility index (Phi) is 10.7. The fraction of sp³-hybridized carbons (Fsp3) is 1.00. The van der Waals surface area contributed by atoms with Gasteiger partial charge < -0.3 is 0 Å². The van der Waals surface area contributed by atoms with Gasteiger partial charge in [-0.15, -0.1) is 23.5 Å². The summed E-state index contributed by atoms with van der Waals surface area (Å²) in [7, 11) is 0. The van der Waals surface area contributed by atoms with Gasteiger partial charge in [-0.1, -0.05) is 40.5 Å². The molecule has 86 valence electrons. The van der Waals surface area contributed by atoms with Gasteiger partial charge in [0.1, 0.15) is 0 Å². The van der Waals surface area contributed by atoms with Crippen molar-refractivity contribution in [2.24, 2.45) is 5.92 Å². The van der Waals surface area contributed by atoms with Crippen molar-refractivity contribution in [2.75, 3.05) is 11.5 Å². The predicted molar refractivity (Wildman–Crippen MR) is 73.4 cm³/mol. The topological polar surface area (TPSA) is 0 Å². The molecule has 0 atom stereocenters. The average Bonchev–Trinajstić information content (AvgIpc) is 2.15. The van der Waals surface area contributed by atoms with Crippen LogP contribution in [-0.2, 0) is 0 Å². The first-order chi connectivity index (χ1) is 6.72. The molecule has 0 nitrogen and oxygen atoms in total. The molecule has 0 saturated carbocycles. The van der Waals surface area contributed by atoms with Crippen molar-refractivity contribution in [1.29, 1.82) is 0 Å². The number of hydrogen-bond donors (Lipinski definition) is 0. The van der Waals surface area contributed by atoms with Crippen LogP contribution in [0, 0.1) is 5.92 Å². The summed E-state index contributed by atoms with van der Waals surface area (Å²) < 4.78 is 0.827. The molecule has 0 rings (SSSR count). The Morgan fingerprint density at radius 3 is 1.57 bits per heavy atom. The molecular weight excluding hydrogens is 208 g/mol. The number of rotatable bonds is 9. The Hall–Kier alpha value is 0.700. The third-order valence-corrected chi connectivity index (χ3v) is 5.72. The summed E-state index contributed by atoms with van der Waals surface area (Å²) in [6, 6.07) is 0. The van der Waals surface area contributed by atoms with Crippen LogP contribution in [0.4, 0.5) is 0 Å². The second kappa shape index (κ2) is 10.2. The molecule has 0 aromatic carbocycles. The normalized spacial score (nSPS) is 11.6. The van der Waals surface area contributed by atoms with Crippen molar-refractivity contribution in [1.82, 2.24) is 0 Å². The number of unbranched alkanes of at least 4 members (excludes halogenated alkanes) is 2. The molecule has 0 spiro atoms. The summed E-state index contributed by atoms with van der Waals surface area (Å²) in [5.41, 5.74) is 0. The minimum Gasteiger partial charge on any atom is -0.147 e. The van der Waals surface area contributed by atoms with Gasteiger partial charge in [-0.2, -0.15) is 0 Å². The molecule has 14 heavy (non-hydrogen) atoms. The van der Waals surface area contributed by atoms with Crippen LogP contribution in [0.3, 0.4) is 0 Å². The molecule has 0 unspecified atom stereocenters. The summed E-state index contributed by atoms with van der Waals surface area (Å²) in [6.07, 6.45) is 5.42. The van der Waals surface area contributed by atoms with Gasteiger partial charge in [0, 0.05) is 0 Å². The highest BCUT2D eigenvalue weighted by Gasteiger charge is 2.13. The average molecular weight is 234 g/mol. The highest BCUT2D eigenvalue weighted by Crippen LogP contribution is 2.31. The van der Waals surface area contributed by atoms with Gasteiger partial charge in [0.2, 0.25) is 0 Å². The molecule has 0 aromatic heterocycles. The molecule has 0 saturated heterocycles. The van der Waals surface area contributed by atoms with Crippen molar-refractivity contribution in [2.45, 2.75) is 58.0 Å². The van der Waals surface area contributed by atoms with Crippen LogP contribution in [0.15, 0.2) is 0 Å². The molecule has 0 aliphatic carbocycles. The minimum absolute atomic E-state index is 0.818. The molecule has 0 aliphatic heterocycles. The van der Waals surface area contributed by atoms with Gasteiger partial charge in [0.25, 0.3) is 0 Å². The number of hydrogen-bond acceptors (Lipinski definition) is 2. The maximum absolute atomic E-state index is 2.35. The summed E-state index contributed by atoms with van der Waals surface area (Å²) in [6.45, 7) is 9.25. The van der Waals surface area contributed by atoms with E-state index in [1.165, 1.54) is 37.2 Å². The maximum Gasteiger partial charge on any atom is 0.0525 e. The lowest BCUT2D eigenvalue weighted by Gasteiger charge is -2.19. The quantitative estimate of drug-likeness (QED) is 0.405. The van der Waals surface area contributed by atoms with Gasteiger partial charge in [-0.25, -0.2) is 0 Å². The van der Waals surface area contributed by atoms with E-state index in [1.54, 1.807) is 0 Å². The molecule has 0 fully saturated rings. The lowest BCUT2D eigenvalue weighted by molar-refractivity contribution is 0.717. The van der Waals surface area contributed by atoms with E-state index in [4.69, 9.17) is 0 Å². The Labute approximate surface area is 99.0 Å². The first-order valence-electron chi connectivity index (χ1n) is 5.95. The van der Waals surface area contributed by atoms with E-state index in [1.807, 2.05) is 0 Å². The van der Waals surface area contributed by atoms with Crippen molar-refractivity contribution in [3.8, 4) is 0 Å². The Morgan fingerprint density at radius 1 is 0.857 bits per heavy atom. The Balaban J connectivity index is 3.55. The first kappa shape index (κ1) is 14.7. The lowest BCUT2D eigenvalue weighted by atomic mass is 10.3. The Morgan fingerprint density at radius 2 is 1.29 bits per heavy atom. The summed E-state index contributed by atoms with van der Waals surface area (Å²) >= 11 is 4.34. The fourth-order valence-electron chi connectivity index (χ4n) is 1.12. The predicted octanol–water partition coefficient (Wildman–Crippen LogP) is 5.04. The van der Waals surface area contributed by atoms with Crippen molar-refractivity contribution in [3.63, 3.8) is 0 Å². The molecule has 0 N–H and O–H groups in total. The smallest absolute Gasteiger partial charge is 0.0525 e. The van der Waals surface area contributed by atoms with Crippen LogP contribution >= 0.6 is 23.5 Å². The van der Waals surface area contributed by atoms with Gasteiger partial charge in [0.15, 0.2) is 0 Å². The largest absolute Gasteiger partial charge is 0.147 e. The maximum atomic E-state index is 2.35. The van der Waals surface area contributed by atoms with Crippen molar-refractivity contribution in [3.05, 3.63) is 0 Å². The standard InChI is InChI=1S/C12H26S2/c1-5-7-9-13-12(11(3)4)14-10-8-6-2/h11-12H,5-10H2,1-4H3. The van der Waals surface area contributed by atoms with Crippen LogP contribution in [-0.4, -0.2) is 16.1 Å². The van der Waals surface area contributed by atoms with Gasteiger partial charge in [-0.05, 0) is 30.3 Å². The van der Waals surface area contributed by atoms with Crippen LogP contribution in [0.25, 0.3) is 0 Å². The van der Waals surface area contributed by atoms with Crippen LogP contribution < -0.4 is 0 Å². The van der Waals surface area contributed by atoms with Crippen molar-refractivity contribution < 1.29 is 0 Å². The lowest BCUT2D eigenvalue weighted by Crippen LogP contribution is -2.08. The van der Waals surface area contributed by atoms with E-state index < -0.39 is 0 Å². The van der Waals surface area contributed by atoms with E-state index in [2.05, 4.69) is 51.2 Å². The summed E-state index contributed by atoms with van der Waals surface area (Å²) in [5, 5.41) is 0. The third kappa shape index (κ3) is 8.05. The van der Waals surface area contributed by atoms with E-state index >= 15 is 0 Å². The molecule has 0 bridgehead atoms. The Bertz CT molecular complexity index is 103. The van der Waals surface area contributed by atoms with Crippen molar-refractivity contribution >= 4 is 23.5 Å². The molecule has 0 heterocycles. The van der Waals surface area contributed by atoms with E-state index in [-0.39, 0.29) is 0 Å². The zero-order valence-electron chi connectivity index (χ0n) is 10.2. The molecule has 0 aliphatic rings. The second-order valence-electron chi connectivity index (χ2n) is 4.06. The van der Waals surface area contributed by atoms with E-state index in [0.29, 0.717) is 0 Å². The van der Waals surface area contributed by atoms with Crippen LogP contribution in [0.5, 0.6) is 0 Å². The second-order valence-corrected chi connectivity index (χ2v) is 6.86. The van der Waals surface area contributed by atoms with E-state index in [9.17, 15) is 0 Å². The highest BCUT2D eigenvalue weighted by molar-refractivity contribution is 8.17. The van der Waals surface area contributed by atoms with Gasteiger partial charge >= 0.3 is 0 Å². The van der Waals surface area contributed by atoms with Crippen LogP contribution in [0.1, 0.15) is 53.4 Å². The highest BCUT2D eigenvalue weighted by atomic mass is 32.2. The zero-order valence-corrected chi connectivity index (χ0v) is 11.8.